The number of nitrogens with one attached hydrogen (secondary N) is 1. The summed E-state index contributed by atoms with van der Waals surface area (Å²) in [5.41, 5.74) is 8.86. The predicted octanol–water partition coefficient (Wildman–Crippen LogP) is 2.66. The molecule has 0 spiro atoms. The Hall–Kier alpha value is -3.94. The van der Waals surface area contributed by atoms with Gasteiger partial charge in [-0.3, -0.25) is 4.79 Å². The summed E-state index contributed by atoms with van der Waals surface area (Å²) in [7, 11) is 0. The zero-order valence-electron chi connectivity index (χ0n) is 14.4. The number of rotatable bonds is 1. The van der Waals surface area contributed by atoms with Crippen LogP contribution in [0.15, 0.2) is 54.7 Å². The van der Waals surface area contributed by atoms with Gasteiger partial charge < -0.3 is 16.2 Å². The zero-order valence-corrected chi connectivity index (χ0v) is 14.4. The van der Waals surface area contributed by atoms with Crippen LogP contribution in [-0.4, -0.2) is 25.6 Å². The highest BCUT2D eigenvalue weighted by Gasteiger charge is 2.30. The van der Waals surface area contributed by atoms with Crippen molar-refractivity contribution in [3.8, 4) is 17.0 Å². The molecule has 0 saturated heterocycles. The number of hydrogen-bond acceptors (Lipinski definition) is 5. The first kappa shape index (κ1) is 16.2. The maximum absolute atomic E-state index is 14.7. The number of anilines is 1. The summed E-state index contributed by atoms with van der Waals surface area (Å²) in [6, 6.07) is 11.8. The highest BCUT2D eigenvalue weighted by atomic mass is 19.1. The van der Waals surface area contributed by atoms with Gasteiger partial charge in [-0.1, -0.05) is 24.3 Å². The molecule has 0 aliphatic carbocycles. The van der Waals surface area contributed by atoms with E-state index >= 15 is 0 Å². The molecule has 3 heterocycles. The molecular formula is C20H14FN5O2. The van der Waals surface area contributed by atoms with Crippen LogP contribution in [0.5, 0.6) is 5.75 Å². The minimum absolute atomic E-state index is 0.0628. The van der Waals surface area contributed by atoms with E-state index in [-0.39, 0.29) is 23.2 Å². The third-order valence-corrected chi connectivity index (χ3v) is 4.87. The van der Waals surface area contributed by atoms with Crippen molar-refractivity contribution in [2.24, 2.45) is 0 Å². The van der Waals surface area contributed by atoms with Gasteiger partial charge in [0.1, 0.15) is 17.3 Å². The van der Waals surface area contributed by atoms with Crippen molar-refractivity contribution < 1.29 is 14.3 Å². The van der Waals surface area contributed by atoms with Gasteiger partial charge in [-0.25, -0.2) is 13.9 Å². The van der Waals surface area contributed by atoms with Gasteiger partial charge in [-0.15, -0.1) is 5.10 Å². The summed E-state index contributed by atoms with van der Waals surface area (Å²) in [6.45, 7) is 0. The molecule has 4 aromatic rings. The number of nitrogen functional groups attached to an aromatic ring is 1. The molecule has 0 fully saturated rings. The Morgan fingerprint density at radius 1 is 1.11 bits per heavy atom. The number of phenols is 1. The van der Waals surface area contributed by atoms with E-state index in [1.54, 1.807) is 35.0 Å². The Morgan fingerprint density at radius 2 is 1.89 bits per heavy atom. The highest BCUT2D eigenvalue weighted by molar-refractivity contribution is 6.04. The van der Waals surface area contributed by atoms with Crippen molar-refractivity contribution in [3.63, 3.8) is 0 Å². The van der Waals surface area contributed by atoms with E-state index in [4.69, 9.17) is 5.73 Å². The lowest BCUT2D eigenvalue weighted by atomic mass is 9.93. The van der Waals surface area contributed by atoms with Crippen LogP contribution in [0, 0.1) is 5.82 Å². The predicted molar refractivity (Wildman–Crippen MR) is 100 cm³/mol. The number of carbonyl (C=O) groups excluding carboxylic acids is 1. The molecule has 8 heteroatoms. The van der Waals surface area contributed by atoms with Gasteiger partial charge in [0.05, 0.1) is 11.6 Å². The third kappa shape index (κ3) is 2.31. The second-order valence-electron chi connectivity index (χ2n) is 6.54. The van der Waals surface area contributed by atoms with Crippen molar-refractivity contribution in [2.75, 3.05) is 5.73 Å². The van der Waals surface area contributed by atoms with E-state index < -0.39 is 11.9 Å². The summed E-state index contributed by atoms with van der Waals surface area (Å²) < 4.78 is 16.2. The van der Waals surface area contributed by atoms with E-state index in [0.717, 1.165) is 6.07 Å². The smallest absolute Gasteiger partial charge is 0.252 e. The second-order valence-corrected chi connectivity index (χ2v) is 6.54. The fraction of sp³-hybridized carbons (Fsp3) is 0.0500. The van der Waals surface area contributed by atoms with Crippen LogP contribution in [-0.2, 0) is 0 Å². The largest absolute Gasteiger partial charge is 0.508 e. The molecule has 2 aromatic heterocycles. The monoisotopic (exact) mass is 375 g/mol. The van der Waals surface area contributed by atoms with Crippen LogP contribution in [0.4, 0.5) is 10.3 Å². The minimum Gasteiger partial charge on any atom is -0.508 e. The SMILES string of the molecule is Nc1nc2c3c(ccn3n1)C(c1ccc(O)cc1F)NC(=O)c1ccccc1-2. The van der Waals surface area contributed by atoms with Gasteiger partial charge in [-0.2, -0.15) is 0 Å². The van der Waals surface area contributed by atoms with Crippen molar-refractivity contribution in [1.82, 2.24) is 19.9 Å². The lowest BCUT2D eigenvalue weighted by Gasteiger charge is -2.24. The van der Waals surface area contributed by atoms with Crippen molar-refractivity contribution >= 4 is 17.4 Å². The standard InChI is InChI=1S/C20H14FN5O2/c21-15-9-10(27)5-6-13(15)16-14-7-8-26-18(14)17(24-20(22)25-26)11-3-1-2-4-12(11)19(28)23-16/h1-9,16,27H,(H2,22,25)(H,23,28). The first-order valence-electron chi connectivity index (χ1n) is 8.56. The number of carbonyl (C=O) groups is 1. The van der Waals surface area contributed by atoms with Crippen molar-refractivity contribution in [3.05, 3.63) is 77.2 Å². The number of nitrogens with zero attached hydrogens (tertiary/aromatic N) is 3. The Bertz CT molecular complexity index is 1270. The molecule has 1 aliphatic heterocycles. The topological polar surface area (TPSA) is 106 Å². The number of benzene rings is 2. The fourth-order valence-corrected chi connectivity index (χ4v) is 3.66. The van der Waals surface area contributed by atoms with Crippen LogP contribution in [0.3, 0.4) is 0 Å². The normalized spacial score (nSPS) is 15.6. The Kier molecular flexibility index (Phi) is 3.35. The van der Waals surface area contributed by atoms with Crippen LogP contribution < -0.4 is 11.1 Å². The quantitative estimate of drug-likeness (QED) is 0.474. The van der Waals surface area contributed by atoms with Gasteiger partial charge in [0, 0.05) is 34.5 Å². The average Bonchev–Trinajstić information content (AvgIpc) is 3.08. The molecule has 28 heavy (non-hydrogen) atoms. The maximum atomic E-state index is 14.7. The first-order chi connectivity index (χ1) is 13.5. The second kappa shape index (κ2) is 5.78. The Labute approximate surface area is 158 Å². The lowest BCUT2D eigenvalue weighted by molar-refractivity contribution is 0.0943. The molecule has 5 rings (SSSR count). The van der Waals surface area contributed by atoms with Gasteiger partial charge in [0.15, 0.2) is 0 Å². The van der Waals surface area contributed by atoms with Gasteiger partial charge in [0.25, 0.3) is 5.91 Å². The van der Waals surface area contributed by atoms with Crippen LogP contribution in [0.2, 0.25) is 0 Å². The van der Waals surface area contributed by atoms with Crippen LogP contribution in [0.1, 0.15) is 27.5 Å². The number of aromatic hydroxyl groups is 1. The van der Waals surface area contributed by atoms with Crippen LogP contribution in [0.25, 0.3) is 16.8 Å². The van der Waals surface area contributed by atoms with Gasteiger partial charge in [0.2, 0.25) is 5.95 Å². The number of aromatic nitrogens is 3. The molecule has 1 aliphatic rings. The molecule has 1 unspecified atom stereocenters. The molecule has 2 aromatic carbocycles. The number of fused-ring (bicyclic) bond motifs is 2. The zero-order chi connectivity index (χ0) is 19.4. The molecule has 1 amide bonds. The van der Waals surface area contributed by atoms with Gasteiger partial charge in [-0.05, 0) is 18.2 Å². The maximum Gasteiger partial charge on any atom is 0.252 e. The molecule has 0 radical (unpaired) electrons. The third-order valence-electron chi connectivity index (χ3n) is 4.87. The first-order valence-corrected chi connectivity index (χ1v) is 8.56. The molecule has 4 N–H and O–H groups in total. The molecule has 138 valence electrons. The van der Waals surface area contributed by atoms with E-state index in [1.807, 2.05) is 6.07 Å². The van der Waals surface area contributed by atoms with E-state index in [0.29, 0.717) is 27.9 Å². The molecule has 7 nitrogen and oxygen atoms in total. The number of hydrogen-bond donors (Lipinski definition) is 3. The fourth-order valence-electron chi connectivity index (χ4n) is 3.66. The molecule has 1 atom stereocenters. The van der Waals surface area contributed by atoms with Crippen LogP contribution >= 0.6 is 0 Å². The highest BCUT2D eigenvalue weighted by Crippen LogP contribution is 2.37. The number of halogens is 1. The summed E-state index contributed by atoms with van der Waals surface area (Å²) >= 11 is 0. The summed E-state index contributed by atoms with van der Waals surface area (Å²) in [4.78, 5) is 17.4. The molecule has 0 saturated carbocycles. The lowest BCUT2D eigenvalue weighted by Crippen LogP contribution is -2.31. The van der Waals surface area contributed by atoms with Gasteiger partial charge >= 0.3 is 0 Å². The number of nitrogens with two attached hydrogens (primary N) is 1. The van der Waals surface area contributed by atoms with E-state index in [1.165, 1.54) is 12.1 Å². The van der Waals surface area contributed by atoms with Crippen molar-refractivity contribution in [2.45, 2.75) is 6.04 Å². The number of phenolic OH excluding ortho intramolecular Hbond substituents is 1. The van der Waals surface area contributed by atoms with E-state index in [2.05, 4.69) is 15.4 Å². The Morgan fingerprint density at radius 3 is 2.68 bits per heavy atom. The summed E-state index contributed by atoms with van der Waals surface area (Å²) in [5, 5.41) is 16.7. The summed E-state index contributed by atoms with van der Waals surface area (Å²) in [6.07, 6.45) is 1.69. The minimum atomic E-state index is -0.794. The number of amides is 1. The summed E-state index contributed by atoms with van der Waals surface area (Å²) in [5.74, 6) is -1.12. The van der Waals surface area contributed by atoms with E-state index in [9.17, 15) is 14.3 Å². The van der Waals surface area contributed by atoms with Crippen molar-refractivity contribution in [1.29, 1.82) is 0 Å². The Balaban J connectivity index is 1.87. The molecular weight excluding hydrogens is 361 g/mol. The average molecular weight is 375 g/mol. The molecule has 0 bridgehead atoms.